The summed E-state index contributed by atoms with van der Waals surface area (Å²) >= 11 is 0. The quantitative estimate of drug-likeness (QED) is 0.472. The number of rotatable bonds is 2. The lowest BCUT2D eigenvalue weighted by Crippen LogP contribution is -2.32. The highest BCUT2D eigenvalue weighted by Crippen LogP contribution is 2.24. The molecule has 5 heteroatoms. The molecule has 1 aliphatic heterocycles. The number of hydrogen-bond donors (Lipinski definition) is 1. The summed E-state index contributed by atoms with van der Waals surface area (Å²) in [5.74, 6) is 0.139. The molecule has 1 fully saturated rings. The van der Waals surface area contributed by atoms with Gasteiger partial charge in [-0.1, -0.05) is 35.4 Å². The maximum absolute atomic E-state index is 11.6. The van der Waals surface area contributed by atoms with Gasteiger partial charge in [0.15, 0.2) is 0 Å². The number of nitrogens with zero attached hydrogens (tertiary/aromatic N) is 3. The van der Waals surface area contributed by atoms with E-state index in [1.165, 1.54) is 5.56 Å². The number of nitrogens with one attached hydrogen (secondary N) is 1. The lowest BCUT2D eigenvalue weighted by atomic mass is 9.94. The van der Waals surface area contributed by atoms with Crippen molar-refractivity contribution < 1.29 is 4.79 Å². The van der Waals surface area contributed by atoms with E-state index < -0.39 is 6.04 Å². The highest BCUT2D eigenvalue weighted by Gasteiger charge is 2.24. The molecule has 17 heavy (non-hydrogen) atoms. The number of azide groups is 1. The van der Waals surface area contributed by atoms with E-state index in [2.05, 4.69) is 27.5 Å². The molecule has 0 spiro atoms. The SMILES string of the molecule is [N-]=[N+]=N[C@H]1CC[C@@H](c2ccccc2)CNC1=O. The van der Waals surface area contributed by atoms with Crippen LogP contribution >= 0.6 is 0 Å². The summed E-state index contributed by atoms with van der Waals surface area (Å²) in [6.07, 6.45) is 1.46. The lowest BCUT2D eigenvalue weighted by molar-refractivity contribution is -0.122. The Balaban J connectivity index is 2.10. The Morgan fingerprint density at radius 1 is 1.29 bits per heavy atom. The van der Waals surface area contributed by atoms with Crippen molar-refractivity contribution in [2.75, 3.05) is 6.54 Å². The van der Waals surface area contributed by atoms with Gasteiger partial charge in [-0.15, -0.1) is 0 Å². The molecule has 0 aromatic heterocycles. The van der Waals surface area contributed by atoms with Gasteiger partial charge in [0.1, 0.15) is 6.04 Å². The van der Waals surface area contributed by atoms with Crippen molar-refractivity contribution in [1.29, 1.82) is 0 Å². The van der Waals surface area contributed by atoms with Gasteiger partial charge >= 0.3 is 0 Å². The molecular weight excluding hydrogens is 216 g/mol. The normalized spacial score (nSPS) is 24.4. The van der Waals surface area contributed by atoms with E-state index in [9.17, 15) is 4.79 Å². The summed E-state index contributed by atoms with van der Waals surface area (Å²) in [7, 11) is 0. The first kappa shape index (κ1) is 11.5. The second kappa shape index (κ2) is 5.37. The molecule has 2 rings (SSSR count). The van der Waals surface area contributed by atoms with Crippen LogP contribution in [0.3, 0.4) is 0 Å². The minimum atomic E-state index is -0.561. The molecule has 0 saturated carbocycles. The topological polar surface area (TPSA) is 77.9 Å². The second-order valence-electron chi connectivity index (χ2n) is 4.15. The molecule has 0 radical (unpaired) electrons. The Labute approximate surface area is 99.5 Å². The molecule has 1 saturated heterocycles. The van der Waals surface area contributed by atoms with Gasteiger partial charge in [0.2, 0.25) is 5.91 Å². The first-order chi connectivity index (χ1) is 8.31. The highest BCUT2D eigenvalue weighted by atomic mass is 16.2. The molecule has 1 amide bonds. The van der Waals surface area contributed by atoms with E-state index in [-0.39, 0.29) is 5.91 Å². The third kappa shape index (κ3) is 2.77. The lowest BCUT2D eigenvalue weighted by Gasteiger charge is -2.13. The van der Waals surface area contributed by atoms with Gasteiger partial charge in [0.25, 0.3) is 0 Å². The van der Waals surface area contributed by atoms with E-state index in [4.69, 9.17) is 5.53 Å². The third-order valence-corrected chi connectivity index (χ3v) is 3.08. The molecular formula is C12H14N4O. The Morgan fingerprint density at radius 3 is 2.76 bits per heavy atom. The first-order valence-electron chi connectivity index (χ1n) is 5.68. The summed E-state index contributed by atoms with van der Waals surface area (Å²) in [5.41, 5.74) is 9.61. The summed E-state index contributed by atoms with van der Waals surface area (Å²) in [4.78, 5) is 14.3. The minimum Gasteiger partial charge on any atom is -0.355 e. The molecule has 0 unspecified atom stereocenters. The standard InChI is InChI=1S/C12H14N4O/c13-16-15-11-7-6-10(8-14-12(11)17)9-4-2-1-3-5-9/h1-5,10-11H,6-8H2,(H,14,17)/t10-,11+/m1/s1. The third-order valence-electron chi connectivity index (χ3n) is 3.08. The van der Waals surface area contributed by atoms with Crippen LogP contribution in [0.15, 0.2) is 35.4 Å². The Bertz CT molecular complexity index is 439. The molecule has 2 atom stereocenters. The van der Waals surface area contributed by atoms with Crippen molar-refractivity contribution in [3.63, 3.8) is 0 Å². The average Bonchev–Trinajstić information content (AvgIpc) is 2.55. The van der Waals surface area contributed by atoms with Crippen LogP contribution in [0.1, 0.15) is 24.3 Å². The number of carbonyl (C=O) groups is 1. The molecule has 1 heterocycles. The van der Waals surface area contributed by atoms with Crippen LogP contribution in [0.25, 0.3) is 10.4 Å². The number of benzene rings is 1. The zero-order valence-corrected chi connectivity index (χ0v) is 9.41. The fourth-order valence-electron chi connectivity index (χ4n) is 2.12. The van der Waals surface area contributed by atoms with Crippen molar-refractivity contribution in [2.24, 2.45) is 5.11 Å². The first-order valence-corrected chi connectivity index (χ1v) is 5.68. The van der Waals surface area contributed by atoms with Gasteiger partial charge in [0.05, 0.1) is 0 Å². The zero-order valence-electron chi connectivity index (χ0n) is 9.41. The minimum absolute atomic E-state index is 0.166. The second-order valence-corrected chi connectivity index (χ2v) is 4.15. The van der Waals surface area contributed by atoms with E-state index in [1.807, 2.05) is 18.2 Å². The maximum Gasteiger partial charge on any atom is 0.229 e. The van der Waals surface area contributed by atoms with Gasteiger partial charge in [-0.3, -0.25) is 4.79 Å². The van der Waals surface area contributed by atoms with E-state index in [1.54, 1.807) is 0 Å². The Hall–Kier alpha value is -2.00. The van der Waals surface area contributed by atoms with Crippen LogP contribution in [0.2, 0.25) is 0 Å². The number of amides is 1. The van der Waals surface area contributed by atoms with E-state index in [0.29, 0.717) is 18.9 Å². The molecule has 0 bridgehead atoms. The molecule has 0 aliphatic carbocycles. The molecule has 1 N–H and O–H groups in total. The van der Waals surface area contributed by atoms with Crippen molar-refractivity contribution >= 4 is 5.91 Å². The summed E-state index contributed by atoms with van der Waals surface area (Å²) in [6.45, 7) is 0.611. The van der Waals surface area contributed by atoms with Crippen LogP contribution in [0.4, 0.5) is 0 Å². The van der Waals surface area contributed by atoms with Crippen molar-refractivity contribution in [3.05, 3.63) is 46.3 Å². The van der Waals surface area contributed by atoms with Crippen molar-refractivity contribution in [2.45, 2.75) is 24.8 Å². The molecule has 1 aromatic carbocycles. The van der Waals surface area contributed by atoms with Gasteiger partial charge < -0.3 is 5.32 Å². The van der Waals surface area contributed by atoms with Crippen LogP contribution in [-0.4, -0.2) is 18.5 Å². The number of hydrogen-bond acceptors (Lipinski definition) is 2. The van der Waals surface area contributed by atoms with Crippen molar-refractivity contribution in [3.8, 4) is 0 Å². The summed E-state index contributed by atoms with van der Waals surface area (Å²) in [5, 5.41) is 6.35. The van der Waals surface area contributed by atoms with E-state index >= 15 is 0 Å². The van der Waals surface area contributed by atoms with Gasteiger partial charge in [-0.25, -0.2) is 0 Å². The maximum atomic E-state index is 11.6. The van der Waals surface area contributed by atoms with Crippen molar-refractivity contribution in [1.82, 2.24) is 5.32 Å². The largest absolute Gasteiger partial charge is 0.355 e. The van der Waals surface area contributed by atoms with Crippen LogP contribution in [-0.2, 0) is 4.79 Å². The smallest absolute Gasteiger partial charge is 0.229 e. The fourth-order valence-corrected chi connectivity index (χ4v) is 2.12. The Morgan fingerprint density at radius 2 is 2.06 bits per heavy atom. The van der Waals surface area contributed by atoms with Crippen LogP contribution in [0.5, 0.6) is 0 Å². The van der Waals surface area contributed by atoms with Crippen LogP contribution in [0, 0.1) is 0 Å². The van der Waals surface area contributed by atoms with Crippen LogP contribution < -0.4 is 5.32 Å². The fraction of sp³-hybridized carbons (Fsp3) is 0.417. The van der Waals surface area contributed by atoms with Gasteiger partial charge in [-0.2, -0.15) is 0 Å². The molecule has 1 aromatic rings. The highest BCUT2D eigenvalue weighted by molar-refractivity contribution is 5.82. The molecule has 1 aliphatic rings. The predicted molar refractivity (Wildman–Crippen MR) is 64.4 cm³/mol. The monoisotopic (exact) mass is 230 g/mol. The van der Waals surface area contributed by atoms with Gasteiger partial charge in [0, 0.05) is 17.4 Å². The number of carbonyl (C=O) groups excluding carboxylic acids is 1. The predicted octanol–water partition coefficient (Wildman–Crippen LogP) is 2.36. The summed E-state index contributed by atoms with van der Waals surface area (Å²) < 4.78 is 0. The van der Waals surface area contributed by atoms with E-state index in [0.717, 1.165) is 6.42 Å². The Kier molecular flexibility index (Phi) is 3.62. The average molecular weight is 230 g/mol. The zero-order chi connectivity index (χ0) is 12.1. The van der Waals surface area contributed by atoms with Gasteiger partial charge in [-0.05, 0) is 23.9 Å². The summed E-state index contributed by atoms with van der Waals surface area (Å²) in [6, 6.07) is 9.52. The molecule has 88 valence electrons. The molecule has 5 nitrogen and oxygen atoms in total.